The summed E-state index contributed by atoms with van der Waals surface area (Å²) in [5, 5.41) is 16.5. The maximum absolute atomic E-state index is 13.2. The van der Waals surface area contributed by atoms with E-state index < -0.39 is 0 Å². The fraction of sp³-hybridized carbons (Fsp3) is 0.407. The maximum atomic E-state index is 13.2. The van der Waals surface area contributed by atoms with Gasteiger partial charge in [-0.2, -0.15) is 0 Å². The molecule has 1 unspecified atom stereocenters. The molecule has 0 saturated carbocycles. The molecule has 1 aromatic carbocycles. The number of carbonyl (C=O) groups is 1. The minimum Gasteiger partial charge on any atom is -0.493 e. The number of nitrogens with zero attached hydrogens (tertiary/aromatic N) is 2. The Morgan fingerprint density at radius 1 is 1.34 bits per heavy atom. The van der Waals surface area contributed by atoms with Crippen LogP contribution in [0.25, 0.3) is 11.3 Å². The van der Waals surface area contributed by atoms with E-state index in [0.717, 1.165) is 17.8 Å². The van der Waals surface area contributed by atoms with Crippen LogP contribution in [0.1, 0.15) is 28.4 Å². The van der Waals surface area contributed by atoms with E-state index in [9.17, 15) is 9.90 Å². The Morgan fingerprint density at radius 2 is 2.21 bits per heavy atom. The van der Waals surface area contributed by atoms with Crippen LogP contribution >= 0.6 is 11.6 Å². The van der Waals surface area contributed by atoms with Crippen LogP contribution in [0.4, 0.5) is 11.4 Å². The van der Waals surface area contributed by atoms with Crippen LogP contribution in [0.15, 0.2) is 36.7 Å². The van der Waals surface area contributed by atoms with E-state index in [1.165, 1.54) is 0 Å². The molecular formula is C27H32ClN5O5. The number of aliphatic hydroxyl groups excluding tert-OH is 1. The molecule has 0 radical (unpaired) electrons. The van der Waals surface area contributed by atoms with Crippen molar-refractivity contribution >= 4 is 28.9 Å². The highest BCUT2D eigenvalue weighted by molar-refractivity contribution is 6.32. The van der Waals surface area contributed by atoms with Gasteiger partial charge in [-0.1, -0.05) is 17.7 Å². The molecule has 4 N–H and O–H groups in total. The van der Waals surface area contributed by atoms with Gasteiger partial charge in [-0.15, -0.1) is 0 Å². The fourth-order valence-electron chi connectivity index (χ4n) is 4.95. The van der Waals surface area contributed by atoms with Crippen LogP contribution < -0.4 is 20.1 Å². The van der Waals surface area contributed by atoms with Crippen molar-refractivity contribution in [3.8, 4) is 22.8 Å². The molecule has 0 spiro atoms. The third-order valence-corrected chi connectivity index (χ3v) is 7.39. The number of nitrogens with one attached hydrogen (secondary N) is 3. The number of rotatable bonds is 9. The third kappa shape index (κ3) is 5.17. The first-order valence-electron chi connectivity index (χ1n) is 12.6. The second-order valence-electron chi connectivity index (χ2n) is 9.42. The quantitative estimate of drug-likeness (QED) is 0.325. The number of likely N-dealkylation sites (N-methyl/N-ethyl adjacent to an activating group) is 1. The lowest BCUT2D eigenvalue weighted by Gasteiger charge is -2.32. The molecule has 0 aliphatic carbocycles. The largest absolute Gasteiger partial charge is 0.493 e. The molecule has 2 aliphatic heterocycles. The first-order valence-corrected chi connectivity index (χ1v) is 13.0. The number of hydrogen-bond acceptors (Lipinski definition) is 8. The van der Waals surface area contributed by atoms with Crippen LogP contribution in [-0.4, -0.2) is 85.6 Å². The monoisotopic (exact) mass is 541 g/mol. The van der Waals surface area contributed by atoms with Crippen molar-refractivity contribution in [1.29, 1.82) is 0 Å². The average molecular weight is 542 g/mol. The molecule has 38 heavy (non-hydrogen) atoms. The zero-order chi connectivity index (χ0) is 26.6. The Bertz CT molecular complexity index is 1300. The van der Waals surface area contributed by atoms with Gasteiger partial charge < -0.3 is 34.9 Å². The van der Waals surface area contributed by atoms with Crippen LogP contribution in [0.2, 0.25) is 5.02 Å². The lowest BCUT2D eigenvalue weighted by atomic mass is 9.94. The molecule has 2 aliphatic rings. The van der Waals surface area contributed by atoms with E-state index in [1.54, 1.807) is 25.6 Å². The van der Waals surface area contributed by atoms with Crippen molar-refractivity contribution in [1.82, 2.24) is 20.2 Å². The topological polar surface area (TPSA) is 121 Å². The standard InChI is InChI=1S/C27H32ClN5O5/c1-33-9-11-37-14-17(33)15-38-21-13-29-8-6-18(21)24-25(31-20-5-3-4-19(28)26(20)36-2)22-23(32-24)16(7-10-34)12-30-27(22)35/h3-6,8,13,16-17,31-32,34H,7,9-12,14-15H2,1-2H3,(H,30,35)/t16?,17-/m0/s1. The van der Waals surface area contributed by atoms with Gasteiger partial charge in [0.15, 0.2) is 5.75 Å². The highest BCUT2D eigenvalue weighted by Gasteiger charge is 2.33. The number of carbonyl (C=O) groups excluding carboxylic acids is 1. The van der Waals surface area contributed by atoms with Gasteiger partial charge in [-0.3, -0.25) is 14.7 Å². The number of aromatic amines is 1. The molecule has 1 saturated heterocycles. The Kier molecular flexibility index (Phi) is 8.04. The first-order chi connectivity index (χ1) is 18.5. The predicted molar refractivity (Wildman–Crippen MR) is 145 cm³/mol. The second-order valence-corrected chi connectivity index (χ2v) is 9.83. The van der Waals surface area contributed by atoms with E-state index in [-0.39, 0.29) is 24.5 Å². The maximum Gasteiger partial charge on any atom is 0.255 e. The SMILES string of the molecule is COc1c(Cl)cccc1Nc1c(-c2ccncc2OC[C@@H]2COCCN2C)[nH]c2c1C(=O)NCC2CCO. The Hall–Kier alpha value is -3.31. The van der Waals surface area contributed by atoms with Crippen molar-refractivity contribution in [3.63, 3.8) is 0 Å². The van der Waals surface area contributed by atoms with E-state index in [4.69, 9.17) is 25.8 Å². The van der Waals surface area contributed by atoms with Crippen molar-refractivity contribution < 1.29 is 24.1 Å². The minimum atomic E-state index is -0.210. The van der Waals surface area contributed by atoms with Gasteiger partial charge >= 0.3 is 0 Å². The molecule has 1 fully saturated rings. The zero-order valence-electron chi connectivity index (χ0n) is 21.4. The molecule has 5 rings (SSSR count). The Morgan fingerprint density at radius 3 is 3.00 bits per heavy atom. The van der Waals surface area contributed by atoms with Gasteiger partial charge in [-0.05, 0) is 31.7 Å². The summed E-state index contributed by atoms with van der Waals surface area (Å²) in [6, 6.07) is 7.35. The average Bonchev–Trinajstić information content (AvgIpc) is 3.30. The van der Waals surface area contributed by atoms with Gasteiger partial charge in [0, 0.05) is 43.1 Å². The number of pyridine rings is 1. The molecular weight excluding hydrogens is 510 g/mol. The van der Waals surface area contributed by atoms with Gasteiger partial charge in [-0.25, -0.2) is 0 Å². The number of ether oxygens (including phenoxy) is 3. The summed E-state index contributed by atoms with van der Waals surface area (Å²) in [5.41, 5.74) is 3.82. The summed E-state index contributed by atoms with van der Waals surface area (Å²) in [5.74, 6) is 0.746. The summed E-state index contributed by atoms with van der Waals surface area (Å²) >= 11 is 6.39. The van der Waals surface area contributed by atoms with Gasteiger partial charge in [0.05, 0.1) is 60.2 Å². The summed E-state index contributed by atoms with van der Waals surface area (Å²) in [6.07, 6.45) is 3.86. The number of hydrogen-bond donors (Lipinski definition) is 4. The van der Waals surface area contributed by atoms with Crippen molar-refractivity contribution in [3.05, 3.63) is 52.9 Å². The number of anilines is 2. The predicted octanol–water partition coefficient (Wildman–Crippen LogP) is 3.40. The summed E-state index contributed by atoms with van der Waals surface area (Å²) in [7, 11) is 3.60. The number of aliphatic hydroxyl groups is 1. The Labute approximate surface area is 226 Å². The molecule has 0 bridgehead atoms. The normalized spacial score (nSPS) is 19.5. The molecule has 2 atom stereocenters. The lowest BCUT2D eigenvalue weighted by Crippen LogP contribution is -2.46. The van der Waals surface area contributed by atoms with Crippen LogP contribution in [-0.2, 0) is 4.74 Å². The third-order valence-electron chi connectivity index (χ3n) is 7.09. The van der Waals surface area contributed by atoms with E-state index in [2.05, 4.69) is 32.5 Å². The Balaban J connectivity index is 1.59. The molecule has 11 heteroatoms. The number of halogens is 1. The first kappa shape index (κ1) is 26.3. The number of methoxy groups -OCH3 is 1. The number of aromatic nitrogens is 2. The molecule has 1 amide bonds. The molecule has 3 aromatic rings. The van der Waals surface area contributed by atoms with Gasteiger partial charge in [0.1, 0.15) is 12.4 Å². The number of H-pyrrole nitrogens is 1. The summed E-state index contributed by atoms with van der Waals surface area (Å²) in [6.45, 7) is 2.99. The number of benzene rings is 1. The molecule has 4 heterocycles. The minimum absolute atomic E-state index is 0.000195. The van der Waals surface area contributed by atoms with Crippen LogP contribution in [0, 0.1) is 0 Å². The van der Waals surface area contributed by atoms with Crippen molar-refractivity contribution in [2.45, 2.75) is 18.4 Å². The number of fused-ring (bicyclic) bond motifs is 1. The molecule has 10 nitrogen and oxygen atoms in total. The highest BCUT2D eigenvalue weighted by atomic mass is 35.5. The van der Waals surface area contributed by atoms with Gasteiger partial charge in [0.25, 0.3) is 5.91 Å². The van der Waals surface area contributed by atoms with E-state index >= 15 is 0 Å². The smallest absolute Gasteiger partial charge is 0.255 e. The van der Waals surface area contributed by atoms with E-state index in [1.807, 2.05) is 18.2 Å². The lowest BCUT2D eigenvalue weighted by molar-refractivity contribution is -0.0107. The summed E-state index contributed by atoms with van der Waals surface area (Å²) < 4.78 is 17.5. The van der Waals surface area contributed by atoms with E-state index in [0.29, 0.717) is 71.9 Å². The van der Waals surface area contributed by atoms with Crippen molar-refractivity contribution in [2.75, 3.05) is 59.0 Å². The fourth-order valence-corrected chi connectivity index (χ4v) is 5.20. The number of morpholine rings is 1. The highest BCUT2D eigenvalue weighted by Crippen LogP contribution is 2.44. The van der Waals surface area contributed by atoms with Crippen LogP contribution in [0.3, 0.4) is 0 Å². The second kappa shape index (κ2) is 11.6. The summed E-state index contributed by atoms with van der Waals surface area (Å²) in [4.78, 5) is 23.2. The zero-order valence-corrected chi connectivity index (χ0v) is 22.2. The number of para-hydroxylation sites is 1. The van der Waals surface area contributed by atoms with Gasteiger partial charge in [0.2, 0.25) is 0 Å². The molecule has 2 aromatic heterocycles. The van der Waals surface area contributed by atoms with Crippen LogP contribution in [0.5, 0.6) is 11.5 Å². The number of amides is 1. The van der Waals surface area contributed by atoms with Crippen molar-refractivity contribution in [2.24, 2.45) is 0 Å². The molecule has 202 valence electrons.